The number of anilines is 1. The number of hydrogen-bond acceptors (Lipinski definition) is 2. The average Bonchev–Trinajstić information content (AvgIpc) is 2.77. The molecule has 24 heavy (non-hydrogen) atoms. The van der Waals surface area contributed by atoms with Gasteiger partial charge in [-0.25, -0.2) is 0 Å². The van der Waals surface area contributed by atoms with Crippen LogP contribution in [0.3, 0.4) is 0 Å². The van der Waals surface area contributed by atoms with E-state index in [1.54, 1.807) is 4.90 Å². The fourth-order valence-electron chi connectivity index (χ4n) is 4.99. The van der Waals surface area contributed by atoms with Gasteiger partial charge in [0.15, 0.2) is 0 Å². The number of likely N-dealkylation sites (N-methyl/N-ethyl adjacent to an activating group) is 1. The van der Waals surface area contributed by atoms with Crippen molar-refractivity contribution in [1.29, 1.82) is 0 Å². The smallest absolute Gasteiger partial charge is 0.316 e. The van der Waals surface area contributed by atoms with Gasteiger partial charge in [-0.15, -0.1) is 0 Å². The van der Waals surface area contributed by atoms with Gasteiger partial charge in [0, 0.05) is 24.8 Å². The van der Waals surface area contributed by atoms with E-state index < -0.39 is 5.91 Å². The molecule has 1 heterocycles. The summed E-state index contributed by atoms with van der Waals surface area (Å²) in [7, 11) is 0. The van der Waals surface area contributed by atoms with E-state index in [4.69, 9.17) is 0 Å². The van der Waals surface area contributed by atoms with Crippen LogP contribution in [0.15, 0.2) is 30.3 Å². The van der Waals surface area contributed by atoms with Crippen molar-refractivity contribution < 1.29 is 9.59 Å². The summed E-state index contributed by atoms with van der Waals surface area (Å²) in [5.41, 5.74) is 1.17. The molecule has 2 fully saturated rings. The van der Waals surface area contributed by atoms with Crippen LogP contribution in [0.4, 0.5) is 5.69 Å². The Bertz CT molecular complexity index is 640. The third kappa shape index (κ3) is 3.06. The van der Waals surface area contributed by atoms with Crippen molar-refractivity contribution in [3.63, 3.8) is 0 Å². The Morgan fingerprint density at radius 3 is 2.46 bits per heavy atom. The van der Waals surface area contributed by atoms with Gasteiger partial charge in [0.2, 0.25) is 0 Å². The monoisotopic (exact) mass is 328 g/mol. The molecule has 4 heteroatoms. The van der Waals surface area contributed by atoms with Crippen LogP contribution in [0.2, 0.25) is 0 Å². The lowest BCUT2D eigenvalue weighted by Crippen LogP contribution is -2.47. The van der Waals surface area contributed by atoms with Crippen molar-refractivity contribution in [3.8, 4) is 0 Å². The molecule has 0 radical (unpaired) electrons. The SMILES string of the molecule is CCN(C(=O)C(=O)N1CC2(C)CC1CC(C)(C)C2)c1ccccc1. The average molecular weight is 328 g/mol. The van der Waals surface area contributed by atoms with Crippen molar-refractivity contribution in [2.24, 2.45) is 10.8 Å². The Hall–Kier alpha value is -1.84. The highest BCUT2D eigenvalue weighted by atomic mass is 16.2. The van der Waals surface area contributed by atoms with Crippen molar-refractivity contribution in [1.82, 2.24) is 4.90 Å². The van der Waals surface area contributed by atoms with Crippen LogP contribution in [0.1, 0.15) is 47.0 Å². The molecular formula is C20H28N2O2. The summed E-state index contributed by atoms with van der Waals surface area (Å²) in [5, 5.41) is 0. The van der Waals surface area contributed by atoms with Crippen LogP contribution in [-0.2, 0) is 9.59 Å². The Balaban J connectivity index is 1.80. The number of likely N-dealkylation sites (tertiary alicyclic amines) is 1. The molecule has 1 saturated heterocycles. The van der Waals surface area contributed by atoms with Gasteiger partial charge in [-0.2, -0.15) is 0 Å². The van der Waals surface area contributed by atoms with Crippen LogP contribution >= 0.6 is 0 Å². The second-order valence-corrected chi connectivity index (χ2v) is 8.53. The molecule has 1 aromatic carbocycles. The number of carbonyl (C=O) groups excluding carboxylic acids is 2. The van der Waals surface area contributed by atoms with Gasteiger partial charge in [0.1, 0.15) is 0 Å². The molecule has 1 aromatic rings. The Morgan fingerprint density at radius 1 is 1.17 bits per heavy atom. The van der Waals surface area contributed by atoms with E-state index in [-0.39, 0.29) is 22.8 Å². The minimum absolute atomic E-state index is 0.145. The van der Waals surface area contributed by atoms with E-state index in [1.165, 1.54) is 0 Å². The Morgan fingerprint density at radius 2 is 1.83 bits per heavy atom. The molecular weight excluding hydrogens is 300 g/mol. The molecule has 0 aromatic heterocycles. The first-order valence-electron chi connectivity index (χ1n) is 8.92. The molecule has 4 nitrogen and oxygen atoms in total. The van der Waals surface area contributed by atoms with E-state index in [0.29, 0.717) is 13.1 Å². The molecule has 2 aliphatic rings. The van der Waals surface area contributed by atoms with Gasteiger partial charge in [-0.05, 0) is 49.1 Å². The number of para-hydroxylation sites is 1. The summed E-state index contributed by atoms with van der Waals surface area (Å²) in [6.45, 7) is 9.91. The molecule has 1 saturated carbocycles. The van der Waals surface area contributed by atoms with Gasteiger partial charge in [0.05, 0.1) is 0 Å². The maximum atomic E-state index is 12.9. The highest BCUT2D eigenvalue weighted by Crippen LogP contribution is 2.52. The minimum Gasteiger partial charge on any atom is -0.331 e. The maximum Gasteiger partial charge on any atom is 0.316 e. The minimum atomic E-state index is -0.405. The van der Waals surface area contributed by atoms with E-state index in [1.807, 2.05) is 42.2 Å². The van der Waals surface area contributed by atoms with Crippen LogP contribution in [0.25, 0.3) is 0 Å². The number of amides is 2. The zero-order valence-electron chi connectivity index (χ0n) is 15.2. The Labute approximate surface area is 144 Å². The van der Waals surface area contributed by atoms with Crippen molar-refractivity contribution in [2.75, 3.05) is 18.0 Å². The summed E-state index contributed by atoms with van der Waals surface area (Å²) in [4.78, 5) is 29.2. The fourth-order valence-corrected chi connectivity index (χ4v) is 4.99. The van der Waals surface area contributed by atoms with Crippen molar-refractivity contribution >= 4 is 17.5 Å². The largest absolute Gasteiger partial charge is 0.331 e. The topological polar surface area (TPSA) is 40.6 Å². The number of nitrogens with zero attached hydrogens (tertiary/aromatic N) is 2. The second-order valence-electron chi connectivity index (χ2n) is 8.53. The van der Waals surface area contributed by atoms with Crippen LogP contribution in [-0.4, -0.2) is 35.8 Å². The first-order chi connectivity index (χ1) is 11.2. The third-order valence-electron chi connectivity index (χ3n) is 5.49. The van der Waals surface area contributed by atoms with Gasteiger partial charge >= 0.3 is 11.8 Å². The molecule has 1 aliphatic carbocycles. The third-order valence-corrected chi connectivity index (χ3v) is 5.49. The molecule has 130 valence electrons. The fraction of sp³-hybridized carbons (Fsp3) is 0.600. The van der Waals surface area contributed by atoms with E-state index in [9.17, 15) is 9.59 Å². The first-order valence-corrected chi connectivity index (χ1v) is 8.92. The van der Waals surface area contributed by atoms with E-state index >= 15 is 0 Å². The lowest BCUT2D eigenvalue weighted by atomic mass is 9.65. The lowest BCUT2D eigenvalue weighted by molar-refractivity contribution is -0.145. The van der Waals surface area contributed by atoms with Crippen LogP contribution < -0.4 is 4.90 Å². The summed E-state index contributed by atoms with van der Waals surface area (Å²) < 4.78 is 0. The summed E-state index contributed by atoms with van der Waals surface area (Å²) in [6, 6.07) is 9.65. The molecule has 0 N–H and O–H groups in total. The predicted molar refractivity (Wildman–Crippen MR) is 95.7 cm³/mol. The van der Waals surface area contributed by atoms with Gasteiger partial charge in [-0.1, -0.05) is 39.0 Å². The molecule has 2 atom stereocenters. The van der Waals surface area contributed by atoms with Crippen molar-refractivity contribution in [3.05, 3.63) is 30.3 Å². The van der Waals surface area contributed by atoms with Crippen molar-refractivity contribution in [2.45, 2.75) is 53.0 Å². The number of rotatable bonds is 2. The van der Waals surface area contributed by atoms with Gasteiger partial charge in [0.25, 0.3) is 0 Å². The van der Waals surface area contributed by atoms with Gasteiger partial charge in [-0.3, -0.25) is 9.59 Å². The Kier molecular flexibility index (Phi) is 4.18. The molecule has 2 unspecified atom stereocenters. The molecule has 2 bridgehead atoms. The lowest BCUT2D eigenvalue weighted by Gasteiger charge is -2.39. The predicted octanol–water partition coefficient (Wildman–Crippen LogP) is 3.47. The van der Waals surface area contributed by atoms with Crippen LogP contribution in [0.5, 0.6) is 0 Å². The number of carbonyl (C=O) groups is 2. The molecule has 3 rings (SSSR count). The highest BCUT2D eigenvalue weighted by Gasteiger charge is 2.52. The first kappa shape index (κ1) is 17.0. The number of benzene rings is 1. The summed E-state index contributed by atoms with van der Waals surface area (Å²) in [6.07, 6.45) is 3.12. The molecule has 1 aliphatic heterocycles. The normalized spacial score (nSPS) is 27.8. The van der Waals surface area contributed by atoms with Crippen LogP contribution in [0, 0.1) is 10.8 Å². The number of hydrogen-bond donors (Lipinski definition) is 0. The molecule has 0 spiro atoms. The summed E-state index contributed by atoms with van der Waals surface area (Å²) >= 11 is 0. The van der Waals surface area contributed by atoms with E-state index in [2.05, 4.69) is 20.8 Å². The zero-order valence-corrected chi connectivity index (χ0v) is 15.2. The van der Waals surface area contributed by atoms with E-state index in [0.717, 1.165) is 24.9 Å². The summed E-state index contributed by atoms with van der Waals surface area (Å²) in [5.74, 6) is -0.746. The zero-order chi connectivity index (χ0) is 17.5. The maximum absolute atomic E-state index is 12.9. The van der Waals surface area contributed by atoms with Gasteiger partial charge < -0.3 is 9.80 Å². The number of fused-ring (bicyclic) bond motifs is 2. The highest BCUT2D eigenvalue weighted by molar-refractivity contribution is 6.40. The standard InChI is InChI=1S/C20H28N2O2/c1-5-21(15-9-7-6-8-10-15)17(23)18(24)22-14-20(4)12-16(22)11-19(2,3)13-20/h6-10,16H,5,11-14H2,1-4H3. The quantitative estimate of drug-likeness (QED) is 0.780. The molecule has 2 amide bonds. The second kappa shape index (κ2) is 5.91.